The number of aromatic nitrogens is 8. The molecule has 0 radical (unpaired) electrons. The summed E-state index contributed by atoms with van der Waals surface area (Å²) in [5.74, 6) is 1.26. The van der Waals surface area contributed by atoms with Crippen LogP contribution >= 0.6 is 0 Å². The third-order valence-corrected chi connectivity index (χ3v) is 4.39. The van der Waals surface area contributed by atoms with Crippen LogP contribution in [0.25, 0.3) is 33.3 Å². The van der Waals surface area contributed by atoms with E-state index in [0.717, 1.165) is 33.2 Å². The fourth-order valence-electron chi connectivity index (χ4n) is 2.96. The van der Waals surface area contributed by atoms with Gasteiger partial charge in [-0.1, -0.05) is 12.1 Å². The van der Waals surface area contributed by atoms with Gasteiger partial charge in [0.25, 0.3) is 0 Å². The predicted octanol–water partition coefficient (Wildman–Crippen LogP) is 3.42. The highest BCUT2D eigenvalue weighted by molar-refractivity contribution is 5.89. The van der Waals surface area contributed by atoms with E-state index in [-0.39, 0.29) is 6.04 Å². The Kier molecular flexibility index (Phi) is 3.39. The van der Waals surface area contributed by atoms with Gasteiger partial charge in [-0.25, -0.2) is 9.97 Å². The molecule has 0 aliphatic heterocycles. The average Bonchev–Trinajstić information content (AvgIpc) is 3.40. The number of anilines is 2. The smallest absolute Gasteiger partial charge is 0.162 e. The quantitative estimate of drug-likeness (QED) is 0.453. The molecule has 9 nitrogen and oxygen atoms in total. The molecule has 4 heterocycles. The van der Waals surface area contributed by atoms with E-state index in [1.165, 1.54) is 0 Å². The van der Waals surface area contributed by atoms with Crippen molar-refractivity contribution >= 4 is 33.4 Å². The Bertz CT molecular complexity index is 1240. The van der Waals surface area contributed by atoms with Crippen LogP contribution in [0.15, 0.2) is 43.0 Å². The van der Waals surface area contributed by atoms with Gasteiger partial charge in [0.2, 0.25) is 0 Å². The van der Waals surface area contributed by atoms with E-state index in [0.29, 0.717) is 11.6 Å². The van der Waals surface area contributed by atoms with Crippen molar-refractivity contribution in [3.63, 3.8) is 0 Å². The first-order valence-corrected chi connectivity index (χ1v) is 8.63. The Morgan fingerprint density at radius 1 is 1.04 bits per heavy atom. The number of nitrogens with zero attached hydrogens (tertiary/aromatic N) is 6. The molecule has 4 aromatic heterocycles. The van der Waals surface area contributed by atoms with Gasteiger partial charge < -0.3 is 5.32 Å². The molecule has 0 unspecified atom stereocenters. The molecule has 0 saturated heterocycles. The molecule has 3 N–H and O–H groups in total. The molecule has 0 amide bonds. The second kappa shape index (κ2) is 5.90. The standard InChI is InChI=1S/C18H17N9/c1-10(2)27-9-13(7-21-27)22-18-16-15(8-20-26-16)23-17(24-18)11-3-4-12-6-19-25-14(12)5-11/h3-10H,1-2H3,(H,19,25)(H,20,26)(H,22,23,24). The molecule has 0 fully saturated rings. The van der Waals surface area contributed by atoms with E-state index in [9.17, 15) is 0 Å². The second-order valence-electron chi connectivity index (χ2n) is 6.63. The highest BCUT2D eigenvalue weighted by atomic mass is 15.3. The van der Waals surface area contributed by atoms with Crippen LogP contribution in [0.5, 0.6) is 0 Å². The maximum absolute atomic E-state index is 4.72. The molecule has 9 heteroatoms. The summed E-state index contributed by atoms with van der Waals surface area (Å²) in [6.07, 6.45) is 7.21. The van der Waals surface area contributed by atoms with Crippen LogP contribution in [0.4, 0.5) is 11.5 Å². The highest BCUT2D eigenvalue weighted by Crippen LogP contribution is 2.27. The first kappa shape index (κ1) is 15.5. The minimum atomic E-state index is 0.287. The largest absolute Gasteiger partial charge is 0.336 e. The van der Waals surface area contributed by atoms with Crippen molar-refractivity contribution in [3.05, 3.63) is 43.0 Å². The Morgan fingerprint density at radius 3 is 2.78 bits per heavy atom. The number of H-pyrrole nitrogens is 2. The Balaban J connectivity index is 1.59. The third kappa shape index (κ3) is 2.69. The number of fused-ring (bicyclic) bond motifs is 2. The molecule has 0 aliphatic carbocycles. The van der Waals surface area contributed by atoms with Gasteiger partial charge in [-0.15, -0.1) is 0 Å². The lowest BCUT2D eigenvalue weighted by Crippen LogP contribution is -2.00. The highest BCUT2D eigenvalue weighted by Gasteiger charge is 2.13. The number of aromatic amines is 2. The van der Waals surface area contributed by atoms with Crippen molar-refractivity contribution in [3.8, 4) is 11.4 Å². The number of rotatable bonds is 4. The number of nitrogens with one attached hydrogen (secondary N) is 3. The van der Waals surface area contributed by atoms with E-state index in [4.69, 9.17) is 4.98 Å². The van der Waals surface area contributed by atoms with E-state index in [1.807, 2.05) is 29.1 Å². The molecule has 0 aliphatic rings. The van der Waals surface area contributed by atoms with Crippen LogP contribution in [0.3, 0.4) is 0 Å². The topological polar surface area (TPSA) is 113 Å². The van der Waals surface area contributed by atoms with Gasteiger partial charge >= 0.3 is 0 Å². The molecule has 0 spiro atoms. The monoisotopic (exact) mass is 359 g/mol. The number of benzene rings is 1. The molecule has 0 atom stereocenters. The Hall–Kier alpha value is -3.75. The van der Waals surface area contributed by atoms with Gasteiger partial charge in [0.1, 0.15) is 11.0 Å². The second-order valence-corrected chi connectivity index (χ2v) is 6.63. The maximum atomic E-state index is 4.72. The van der Waals surface area contributed by atoms with Crippen LogP contribution in [0, 0.1) is 0 Å². The van der Waals surface area contributed by atoms with Gasteiger partial charge in [0.15, 0.2) is 11.6 Å². The molecule has 5 aromatic rings. The summed E-state index contributed by atoms with van der Waals surface area (Å²) in [7, 11) is 0. The summed E-state index contributed by atoms with van der Waals surface area (Å²) in [4.78, 5) is 9.35. The van der Waals surface area contributed by atoms with Crippen LogP contribution < -0.4 is 5.32 Å². The van der Waals surface area contributed by atoms with Crippen LogP contribution in [-0.2, 0) is 0 Å². The Morgan fingerprint density at radius 2 is 1.93 bits per heavy atom. The normalized spacial score (nSPS) is 11.7. The van der Waals surface area contributed by atoms with Gasteiger partial charge in [0.05, 0.1) is 29.8 Å². The summed E-state index contributed by atoms with van der Waals surface area (Å²) in [5.41, 5.74) is 4.18. The lowest BCUT2D eigenvalue weighted by molar-refractivity contribution is 0.532. The van der Waals surface area contributed by atoms with Gasteiger partial charge in [-0.05, 0) is 19.9 Å². The summed E-state index contributed by atoms with van der Waals surface area (Å²) < 4.78 is 1.89. The van der Waals surface area contributed by atoms with E-state index in [1.54, 1.807) is 18.6 Å². The zero-order chi connectivity index (χ0) is 18.4. The molecular weight excluding hydrogens is 342 g/mol. The number of hydrogen-bond acceptors (Lipinski definition) is 6. The Labute approximate surface area is 153 Å². The van der Waals surface area contributed by atoms with Crippen molar-refractivity contribution in [2.24, 2.45) is 0 Å². The van der Waals surface area contributed by atoms with E-state index >= 15 is 0 Å². The lowest BCUT2D eigenvalue weighted by Gasteiger charge is -2.07. The van der Waals surface area contributed by atoms with Crippen molar-refractivity contribution < 1.29 is 0 Å². The lowest BCUT2D eigenvalue weighted by atomic mass is 10.1. The van der Waals surface area contributed by atoms with Gasteiger partial charge in [0, 0.05) is 23.2 Å². The van der Waals surface area contributed by atoms with Gasteiger partial charge in [-0.3, -0.25) is 14.9 Å². The summed E-state index contributed by atoms with van der Waals surface area (Å²) in [6.45, 7) is 4.16. The minimum absolute atomic E-state index is 0.287. The molecular formula is C18H17N9. The first-order valence-electron chi connectivity index (χ1n) is 8.63. The molecule has 5 rings (SSSR count). The van der Waals surface area contributed by atoms with E-state index in [2.05, 4.69) is 49.6 Å². The van der Waals surface area contributed by atoms with Crippen LogP contribution in [0.1, 0.15) is 19.9 Å². The predicted molar refractivity (Wildman–Crippen MR) is 103 cm³/mol. The van der Waals surface area contributed by atoms with Crippen LogP contribution in [-0.4, -0.2) is 40.1 Å². The van der Waals surface area contributed by atoms with Gasteiger partial charge in [-0.2, -0.15) is 15.3 Å². The maximum Gasteiger partial charge on any atom is 0.162 e. The summed E-state index contributed by atoms with van der Waals surface area (Å²) in [5, 5.41) is 22.8. The van der Waals surface area contributed by atoms with Crippen molar-refractivity contribution in [2.45, 2.75) is 19.9 Å². The fourth-order valence-corrected chi connectivity index (χ4v) is 2.96. The third-order valence-electron chi connectivity index (χ3n) is 4.39. The fraction of sp³-hybridized carbons (Fsp3) is 0.167. The van der Waals surface area contributed by atoms with Crippen molar-refractivity contribution in [2.75, 3.05) is 5.32 Å². The molecule has 27 heavy (non-hydrogen) atoms. The van der Waals surface area contributed by atoms with Crippen molar-refractivity contribution in [1.82, 2.24) is 40.1 Å². The zero-order valence-electron chi connectivity index (χ0n) is 14.8. The molecule has 134 valence electrons. The SMILES string of the molecule is CC(C)n1cc(Nc2nc(-c3ccc4cn[nH]c4c3)nc3cn[nH]c23)cn1. The minimum Gasteiger partial charge on any atom is -0.336 e. The summed E-state index contributed by atoms with van der Waals surface area (Å²) in [6, 6.07) is 6.26. The molecule has 1 aromatic carbocycles. The average molecular weight is 359 g/mol. The van der Waals surface area contributed by atoms with Crippen molar-refractivity contribution in [1.29, 1.82) is 0 Å². The molecule has 0 bridgehead atoms. The van der Waals surface area contributed by atoms with Crippen LogP contribution in [0.2, 0.25) is 0 Å². The first-order chi connectivity index (χ1) is 13.2. The zero-order valence-corrected chi connectivity index (χ0v) is 14.8. The van der Waals surface area contributed by atoms with E-state index < -0.39 is 0 Å². The molecule has 0 saturated carbocycles. The summed E-state index contributed by atoms with van der Waals surface area (Å²) >= 11 is 0. The number of hydrogen-bond donors (Lipinski definition) is 3.